The molecule has 1 fully saturated rings. The van der Waals surface area contributed by atoms with Gasteiger partial charge in [0.1, 0.15) is 23.4 Å². The minimum absolute atomic E-state index is 0.0294. The molecule has 0 aromatic heterocycles. The van der Waals surface area contributed by atoms with Gasteiger partial charge in [-0.2, -0.15) is 0 Å². The molecule has 3 aromatic rings. The number of amidine groups is 1. The third kappa shape index (κ3) is 4.70. The van der Waals surface area contributed by atoms with Crippen molar-refractivity contribution >= 4 is 34.9 Å². The molecule has 36 heavy (non-hydrogen) atoms. The van der Waals surface area contributed by atoms with E-state index in [0.717, 1.165) is 42.4 Å². The first-order valence-corrected chi connectivity index (χ1v) is 12.9. The summed E-state index contributed by atoms with van der Waals surface area (Å²) in [5.41, 5.74) is 2.70. The van der Waals surface area contributed by atoms with E-state index >= 15 is 0 Å². The monoisotopic (exact) mass is 522 g/mol. The number of carbonyl (C=O) groups excluding carboxylic acids is 1. The smallest absolute Gasteiger partial charge is 0.231 e. The first-order chi connectivity index (χ1) is 17.5. The summed E-state index contributed by atoms with van der Waals surface area (Å²) in [5, 5.41) is 1.30. The third-order valence-electron chi connectivity index (χ3n) is 7.08. The van der Waals surface area contributed by atoms with Gasteiger partial charge < -0.3 is 9.47 Å². The van der Waals surface area contributed by atoms with Crippen molar-refractivity contribution in [1.29, 1.82) is 0 Å². The van der Waals surface area contributed by atoms with Crippen molar-refractivity contribution in [3.63, 3.8) is 0 Å². The van der Waals surface area contributed by atoms with E-state index in [-0.39, 0.29) is 23.9 Å². The lowest BCUT2D eigenvalue weighted by molar-refractivity contribution is -0.133. The number of ether oxygens (including phenoxy) is 2. The minimum atomic E-state index is -0.335. The molecule has 7 heteroatoms. The fourth-order valence-electron chi connectivity index (χ4n) is 5.24. The van der Waals surface area contributed by atoms with Crippen LogP contribution in [-0.4, -0.2) is 30.9 Å². The molecule has 0 spiro atoms. The molecule has 2 aliphatic rings. The molecular weight excluding hydrogens is 495 g/mol. The third-order valence-corrected chi connectivity index (χ3v) is 7.59. The van der Waals surface area contributed by atoms with E-state index in [0.29, 0.717) is 27.4 Å². The molecule has 1 amide bonds. The maximum atomic E-state index is 14.2. The molecule has 1 aliphatic heterocycles. The van der Waals surface area contributed by atoms with Crippen molar-refractivity contribution in [3.05, 3.63) is 93.5 Å². The van der Waals surface area contributed by atoms with Gasteiger partial charge in [-0.25, -0.2) is 0 Å². The van der Waals surface area contributed by atoms with E-state index in [1.54, 1.807) is 14.2 Å². The molecule has 1 saturated carbocycles. The summed E-state index contributed by atoms with van der Waals surface area (Å²) in [6.45, 7) is 0. The Kier molecular flexibility index (Phi) is 7.22. The van der Waals surface area contributed by atoms with Gasteiger partial charge in [0.2, 0.25) is 5.91 Å². The Hall–Kier alpha value is -3.02. The predicted octanol–water partition coefficient (Wildman–Crippen LogP) is 7.27. The second-order valence-corrected chi connectivity index (χ2v) is 10.1. The molecule has 0 bridgehead atoms. The minimum Gasteiger partial charge on any atom is -0.497 e. The summed E-state index contributed by atoms with van der Waals surface area (Å²) >= 11 is 12.4. The summed E-state index contributed by atoms with van der Waals surface area (Å²) < 4.78 is 11.1. The molecule has 0 radical (unpaired) electrons. The van der Waals surface area contributed by atoms with Gasteiger partial charge in [-0.05, 0) is 60.4 Å². The van der Waals surface area contributed by atoms with Crippen LogP contribution in [0.4, 0.5) is 0 Å². The van der Waals surface area contributed by atoms with Crippen LogP contribution in [0.25, 0.3) is 0 Å². The zero-order valence-electron chi connectivity index (χ0n) is 20.3. The normalized spacial score (nSPS) is 19.9. The van der Waals surface area contributed by atoms with Gasteiger partial charge in [0.25, 0.3) is 0 Å². The second-order valence-electron chi connectivity index (χ2n) is 9.20. The Balaban J connectivity index is 1.70. The number of hydrogen-bond donors (Lipinski definition) is 0. The number of amides is 1. The van der Waals surface area contributed by atoms with E-state index in [1.165, 1.54) is 0 Å². The van der Waals surface area contributed by atoms with Crippen LogP contribution >= 0.6 is 23.2 Å². The number of aliphatic imine (C=N–C) groups is 1. The van der Waals surface area contributed by atoms with Crippen LogP contribution in [0.15, 0.2) is 71.7 Å². The second kappa shape index (κ2) is 10.5. The van der Waals surface area contributed by atoms with Crippen LogP contribution in [0.2, 0.25) is 10.0 Å². The van der Waals surface area contributed by atoms with Gasteiger partial charge in [-0.3, -0.25) is 14.7 Å². The molecule has 2 atom stereocenters. The van der Waals surface area contributed by atoms with E-state index in [2.05, 4.69) is 0 Å². The zero-order valence-corrected chi connectivity index (χ0v) is 21.8. The highest BCUT2D eigenvalue weighted by Gasteiger charge is 2.45. The number of hydrogen-bond acceptors (Lipinski definition) is 4. The van der Waals surface area contributed by atoms with E-state index in [9.17, 15) is 4.79 Å². The predicted molar refractivity (Wildman–Crippen MR) is 143 cm³/mol. The van der Waals surface area contributed by atoms with Crippen molar-refractivity contribution in [2.24, 2.45) is 10.9 Å². The Morgan fingerprint density at radius 1 is 0.861 bits per heavy atom. The zero-order chi connectivity index (χ0) is 25.2. The maximum absolute atomic E-state index is 14.2. The largest absolute Gasteiger partial charge is 0.497 e. The van der Waals surface area contributed by atoms with Crippen molar-refractivity contribution in [2.75, 3.05) is 14.2 Å². The Morgan fingerprint density at radius 2 is 1.47 bits per heavy atom. The summed E-state index contributed by atoms with van der Waals surface area (Å²) in [7, 11) is 3.23. The van der Waals surface area contributed by atoms with Crippen molar-refractivity contribution < 1.29 is 14.3 Å². The van der Waals surface area contributed by atoms with Crippen molar-refractivity contribution in [1.82, 2.24) is 4.90 Å². The molecule has 0 N–H and O–H groups in total. The number of halogens is 2. The van der Waals surface area contributed by atoms with Crippen LogP contribution in [0.1, 0.15) is 54.5 Å². The first kappa shape index (κ1) is 24.7. The summed E-state index contributed by atoms with van der Waals surface area (Å²) in [6.07, 6.45) is 3.91. The fourth-order valence-corrected chi connectivity index (χ4v) is 5.49. The molecule has 1 aliphatic carbocycles. The van der Waals surface area contributed by atoms with Gasteiger partial charge in [-0.15, -0.1) is 0 Å². The summed E-state index contributed by atoms with van der Waals surface area (Å²) in [6, 6.07) is 20.3. The molecule has 186 valence electrons. The molecule has 3 aromatic carbocycles. The van der Waals surface area contributed by atoms with Crippen LogP contribution in [-0.2, 0) is 4.79 Å². The Labute approximate surface area is 221 Å². The van der Waals surface area contributed by atoms with Crippen molar-refractivity contribution in [2.45, 2.75) is 37.8 Å². The Bertz CT molecular complexity index is 1270. The van der Waals surface area contributed by atoms with Crippen LogP contribution in [0.3, 0.4) is 0 Å². The highest BCUT2D eigenvalue weighted by Crippen LogP contribution is 2.46. The van der Waals surface area contributed by atoms with Gasteiger partial charge in [0.15, 0.2) is 0 Å². The summed E-state index contributed by atoms with van der Waals surface area (Å²) in [5.74, 6) is 1.94. The van der Waals surface area contributed by atoms with Gasteiger partial charge >= 0.3 is 0 Å². The van der Waals surface area contributed by atoms with E-state index in [1.807, 2.05) is 71.6 Å². The topological polar surface area (TPSA) is 51.1 Å². The molecule has 5 rings (SSSR count). The van der Waals surface area contributed by atoms with Crippen LogP contribution in [0.5, 0.6) is 11.5 Å². The molecule has 0 unspecified atom stereocenters. The standard InChI is InChI=1S/C29H28Cl2N2O3/c1-35-23-15-16-24(25(17-23)36-2)28-32-26(18-7-11-21(30)12-8-18)27(19-9-13-22(31)14-10-19)33(28)29(34)20-5-3-4-6-20/h7-17,20,26-27H,3-6H2,1-2H3/t26-,27+/m1/s1. The van der Waals surface area contributed by atoms with Gasteiger partial charge in [0, 0.05) is 22.0 Å². The fraction of sp³-hybridized carbons (Fsp3) is 0.310. The average Bonchev–Trinajstić information content (AvgIpc) is 3.58. The lowest BCUT2D eigenvalue weighted by atomic mass is 9.92. The number of nitrogens with zero attached hydrogens (tertiary/aromatic N) is 2. The van der Waals surface area contributed by atoms with Gasteiger partial charge in [0.05, 0.1) is 25.8 Å². The number of methoxy groups -OCH3 is 2. The molecular formula is C29H28Cl2N2O3. The Morgan fingerprint density at radius 3 is 2.06 bits per heavy atom. The molecule has 1 heterocycles. The van der Waals surface area contributed by atoms with Crippen LogP contribution in [0, 0.1) is 5.92 Å². The van der Waals surface area contributed by atoms with Gasteiger partial charge in [-0.1, -0.05) is 60.3 Å². The molecule has 0 saturated heterocycles. The lowest BCUT2D eigenvalue weighted by Gasteiger charge is -2.32. The van der Waals surface area contributed by atoms with Crippen LogP contribution < -0.4 is 9.47 Å². The van der Waals surface area contributed by atoms with E-state index < -0.39 is 0 Å². The quantitative estimate of drug-likeness (QED) is 0.341. The highest BCUT2D eigenvalue weighted by atomic mass is 35.5. The average molecular weight is 523 g/mol. The van der Waals surface area contributed by atoms with E-state index in [4.69, 9.17) is 37.7 Å². The number of rotatable bonds is 6. The summed E-state index contributed by atoms with van der Waals surface area (Å²) in [4.78, 5) is 21.3. The highest BCUT2D eigenvalue weighted by molar-refractivity contribution is 6.30. The number of carbonyl (C=O) groups is 1. The maximum Gasteiger partial charge on any atom is 0.231 e. The van der Waals surface area contributed by atoms with Crippen molar-refractivity contribution in [3.8, 4) is 11.5 Å². The number of benzene rings is 3. The first-order valence-electron chi connectivity index (χ1n) is 12.1. The molecule has 5 nitrogen and oxygen atoms in total. The lowest BCUT2D eigenvalue weighted by Crippen LogP contribution is -2.41. The SMILES string of the molecule is COc1ccc(C2=N[C@H](c3ccc(Cl)cc3)[C@H](c3ccc(Cl)cc3)N2C(=O)C2CCCC2)c(OC)c1.